The number of carbonyl (C=O) groups excluding carboxylic acids is 1. The summed E-state index contributed by atoms with van der Waals surface area (Å²) in [7, 11) is 0. The molecule has 0 aliphatic heterocycles. The van der Waals surface area contributed by atoms with E-state index in [9.17, 15) is 4.79 Å². The second kappa shape index (κ2) is 4.88. The van der Waals surface area contributed by atoms with Gasteiger partial charge in [0.2, 0.25) is 0 Å². The van der Waals surface area contributed by atoms with Crippen LogP contribution in [0.3, 0.4) is 0 Å². The standard InChI is InChI=1S/C15H19N3O/c1-15(2,3)12-10-13(16)18(17-12)14(19)9-11-7-5-4-6-8-11/h4-8,10H,9,16H2,1-3H3. The Morgan fingerprint density at radius 2 is 1.89 bits per heavy atom. The summed E-state index contributed by atoms with van der Waals surface area (Å²) < 4.78 is 1.30. The first kappa shape index (κ1) is 13.3. The van der Waals surface area contributed by atoms with E-state index in [0.29, 0.717) is 12.2 Å². The second-order valence-corrected chi connectivity index (χ2v) is 5.67. The van der Waals surface area contributed by atoms with Gasteiger partial charge in [-0.2, -0.15) is 9.78 Å². The molecule has 0 atom stereocenters. The Kier molecular flexibility index (Phi) is 3.42. The Balaban J connectivity index is 2.23. The molecule has 0 saturated carbocycles. The topological polar surface area (TPSA) is 60.9 Å². The smallest absolute Gasteiger partial charge is 0.253 e. The highest BCUT2D eigenvalue weighted by atomic mass is 16.2. The van der Waals surface area contributed by atoms with Crippen molar-refractivity contribution in [1.82, 2.24) is 9.78 Å². The van der Waals surface area contributed by atoms with Crippen LogP contribution in [0, 0.1) is 0 Å². The Bertz CT molecular complexity index is 579. The van der Waals surface area contributed by atoms with Crippen LogP contribution in [0.1, 0.15) is 36.8 Å². The molecule has 4 nitrogen and oxygen atoms in total. The Labute approximate surface area is 113 Å². The van der Waals surface area contributed by atoms with Crippen molar-refractivity contribution < 1.29 is 4.79 Å². The number of aromatic nitrogens is 2. The number of carbonyl (C=O) groups is 1. The van der Waals surface area contributed by atoms with Gasteiger partial charge in [-0.05, 0) is 5.56 Å². The molecular weight excluding hydrogens is 238 g/mol. The number of benzene rings is 1. The number of nitrogens with zero attached hydrogens (tertiary/aromatic N) is 2. The van der Waals surface area contributed by atoms with E-state index >= 15 is 0 Å². The van der Waals surface area contributed by atoms with Gasteiger partial charge in [-0.1, -0.05) is 51.1 Å². The van der Waals surface area contributed by atoms with Gasteiger partial charge in [0.15, 0.2) is 0 Å². The molecule has 0 radical (unpaired) electrons. The van der Waals surface area contributed by atoms with Gasteiger partial charge in [-0.15, -0.1) is 0 Å². The third kappa shape index (κ3) is 3.02. The second-order valence-electron chi connectivity index (χ2n) is 5.67. The van der Waals surface area contributed by atoms with E-state index in [0.717, 1.165) is 11.3 Å². The van der Waals surface area contributed by atoms with Crippen LogP contribution in [-0.4, -0.2) is 15.7 Å². The van der Waals surface area contributed by atoms with E-state index in [4.69, 9.17) is 5.73 Å². The van der Waals surface area contributed by atoms with Crippen LogP contribution < -0.4 is 5.73 Å². The lowest BCUT2D eigenvalue weighted by molar-refractivity contribution is 0.0900. The molecule has 0 aliphatic rings. The van der Waals surface area contributed by atoms with Crippen LogP contribution in [0.15, 0.2) is 36.4 Å². The molecule has 0 unspecified atom stereocenters. The van der Waals surface area contributed by atoms with Crippen LogP contribution in [0.25, 0.3) is 0 Å². The molecule has 0 fully saturated rings. The molecule has 1 heterocycles. The van der Waals surface area contributed by atoms with E-state index in [1.165, 1.54) is 4.68 Å². The number of nitrogens with two attached hydrogens (primary N) is 1. The number of anilines is 1. The number of rotatable bonds is 2. The van der Waals surface area contributed by atoms with Crippen molar-refractivity contribution in [2.24, 2.45) is 0 Å². The maximum atomic E-state index is 12.2. The summed E-state index contributed by atoms with van der Waals surface area (Å²) in [5.74, 6) is 0.282. The molecule has 4 heteroatoms. The number of nitrogen functional groups attached to an aromatic ring is 1. The van der Waals surface area contributed by atoms with Crippen molar-refractivity contribution in [3.63, 3.8) is 0 Å². The first-order valence-corrected chi connectivity index (χ1v) is 6.31. The minimum Gasteiger partial charge on any atom is -0.383 e. The van der Waals surface area contributed by atoms with Gasteiger partial charge >= 0.3 is 0 Å². The highest BCUT2D eigenvalue weighted by molar-refractivity contribution is 5.83. The van der Waals surface area contributed by atoms with Crippen LogP contribution in [-0.2, 0) is 11.8 Å². The largest absolute Gasteiger partial charge is 0.383 e. The number of hydrogen-bond donors (Lipinski definition) is 1. The molecule has 19 heavy (non-hydrogen) atoms. The van der Waals surface area contributed by atoms with Gasteiger partial charge in [0, 0.05) is 11.5 Å². The lowest BCUT2D eigenvalue weighted by Crippen LogP contribution is -2.19. The molecule has 1 aromatic heterocycles. The van der Waals surface area contributed by atoms with E-state index in [2.05, 4.69) is 5.10 Å². The zero-order valence-corrected chi connectivity index (χ0v) is 11.6. The molecule has 0 bridgehead atoms. The third-order valence-electron chi connectivity index (χ3n) is 2.94. The zero-order valence-electron chi connectivity index (χ0n) is 11.6. The lowest BCUT2D eigenvalue weighted by atomic mass is 9.92. The average Bonchev–Trinajstić information content (AvgIpc) is 2.72. The SMILES string of the molecule is CC(C)(C)c1cc(N)n(C(=O)Cc2ccccc2)n1. The summed E-state index contributed by atoms with van der Waals surface area (Å²) in [5.41, 5.74) is 7.54. The lowest BCUT2D eigenvalue weighted by Gasteiger charge is -2.13. The Morgan fingerprint density at radius 1 is 1.26 bits per heavy atom. The normalized spacial score (nSPS) is 11.5. The molecule has 0 aliphatic carbocycles. The Hall–Kier alpha value is -2.10. The fourth-order valence-electron chi connectivity index (χ4n) is 1.81. The van der Waals surface area contributed by atoms with Gasteiger partial charge in [-0.25, -0.2) is 0 Å². The van der Waals surface area contributed by atoms with Gasteiger partial charge in [0.1, 0.15) is 5.82 Å². The molecule has 2 aromatic rings. The highest BCUT2D eigenvalue weighted by Gasteiger charge is 2.21. The molecule has 0 amide bonds. The van der Waals surface area contributed by atoms with Crippen molar-refractivity contribution in [3.8, 4) is 0 Å². The molecule has 0 spiro atoms. The molecule has 2 rings (SSSR count). The van der Waals surface area contributed by atoms with Gasteiger partial charge in [0.05, 0.1) is 12.1 Å². The zero-order chi connectivity index (χ0) is 14.0. The van der Waals surface area contributed by atoms with Crippen molar-refractivity contribution in [2.75, 3.05) is 5.73 Å². The summed E-state index contributed by atoms with van der Waals surface area (Å²) in [5, 5.41) is 4.32. The summed E-state index contributed by atoms with van der Waals surface area (Å²) >= 11 is 0. The summed E-state index contributed by atoms with van der Waals surface area (Å²) in [6.45, 7) is 6.13. The minimum absolute atomic E-state index is 0.112. The molecule has 100 valence electrons. The van der Waals surface area contributed by atoms with Crippen LogP contribution in [0.5, 0.6) is 0 Å². The highest BCUT2D eigenvalue weighted by Crippen LogP contribution is 2.22. The molecular formula is C15H19N3O. The monoisotopic (exact) mass is 257 g/mol. The van der Waals surface area contributed by atoms with Crippen LogP contribution in [0.4, 0.5) is 5.82 Å². The number of hydrogen-bond acceptors (Lipinski definition) is 3. The summed E-state index contributed by atoms with van der Waals surface area (Å²) in [4.78, 5) is 12.2. The van der Waals surface area contributed by atoms with Crippen molar-refractivity contribution >= 4 is 11.7 Å². The van der Waals surface area contributed by atoms with E-state index in [-0.39, 0.29) is 11.3 Å². The van der Waals surface area contributed by atoms with E-state index < -0.39 is 0 Å². The maximum Gasteiger partial charge on any atom is 0.253 e. The molecule has 0 saturated heterocycles. The van der Waals surface area contributed by atoms with Gasteiger partial charge in [0.25, 0.3) is 5.91 Å². The Morgan fingerprint density at radius 3 is 2.42 bits per heavy atom. The third-order valence-corrected chi connectivity index (χ3v) is 2.94. The molecule has 2 N–H and O–H groups in total. The quantitative estimate of drug-likeness (QED) is 0.899. The maximum absolute atomic E-state index is 12.2. The fourth-order valence-corrected chi connectivity index (χ4v) is 1.81. The first-order chi connectivity index (χ1) is 8.88. The van der Waals surface area contributed by atoms with Crippen molar-refractivity contribution in [3.05, 3.63) is 47.7 Å². The van der Waals surface area contributed by atoms with E-state index in [1.807, 2.05) is 51.1 Å². The van der Waals surface area contributed by atoms with Crippen LogP contribution >= 0.6 is 0 Å². The summed E-state index contributed by atoms with van der Waals surface area (Å²) in [6, 6.07) is 11.4. The minimum atomic E-state index is -0.119. The fraction of sp³-hybridized carbons (Fsp3) is 0.333. The van der Waals surface area contributed by atoms with Crippen molar-refractivity contribution in [1.29, 1.82) is 0 Å². The average molecular weight is 257 g/mol. The summed E-state index contributed by atoms with van der Waals surface area (Å²) in [6.07, 6.45) is 0.302. The van der Waals surface area contributed by atoms with Gasteiger partial charge < -0.3 is 5.73 Å². The van der Waals surface area contributed by atoms with Crippen LogP contribution in [0.2, 0.25) is 0 Å². The predicted molar refractivity (Wildman–Crippen MR) is 76.1 cm³/mol. The predicted octanol–water partition coefficient (Wildman–Crippen LogP) is 2.65. The first-order valence-electron chi connectivity index (χ1n) is 6.31. The van der Waals surface area contributed by atoms with E-state index in [1.54, 1.807) is 6.07 Å². The van der Waals surface area contributed by atoms with Gasteiger partial charge in [-0.3, -0.25) is 4.79 Å². The van der Waals surface area contributed by atoms with Crippen molar-refractivity contribution in [2.45, 2.75) is 32.6 Å². The molecule has 1 aromatic carbocycles.